The van der Waals surface area contributed by atoms with Crippen molar-refractivity contribution < 1.29 is 4.42 Å². The van der Waals surface area contributed by atoms with E-state index in [1.165, 1.54) is 55.2 Å². The van der Waals surface area contributed by atoms with E-state index in [2.05, 4.69) is 210 Å². The van der Waals surface area contributed by atoms with E-state index in [9.17, 15) is 0 Å². The molecule has 0 amide bonds. The Labute approximate surface area is 331 Å². The van der Waals surface area contributed by atoms with Gasteiger partial charge in [0, 0.05) is 38.6 Å². The Balaban J connectivity index is 1.07. The van der Waals surface area contributed by atoms with Crippen LogP contribution in [0.5, 0.6) is 0 Å². The van der Waals surface area contributed by atoms with Crippen LogP contribution in [-0.2, 0) is 0 Å². The van der Waals surface area contributed by atoms with E-state index < -0.39 is 0 Å². The Hall–Kier alpha value is -7.36. The summed E-state index contributed by atoms with van der Waals surface area (Å²) in [5.41, 5.74) is 15.6. The molecular formula is C54H38N2O. The lowest BCUT2D eigenvalue weighted by molar-refractivity contribution is 0.669. The van der Waals surface area contributed by atoms with Gasteiger partial charge in [0.2, 0.25) is 0 Å². The Morgan fingerprint density at radius 2 is 0.982 bits per heavy atom. The molecule has 10 aromatic rings. The van der Waals surface area contributed by atoms with E-state index in [0.717, 1.165) is 57.5 Å². The molecule has 0 radical (unpaired) electrons. The predicted molar refractivity (Wildman–Crippen MR) is 240 cm³/mol. The van der Waals surface area contributed by atoms with Gasteiger partial charge in [0.1, 0.15) is 5.58 Å². The van der Waals surface area contributed by atoms with Crippen molar-refractivity contribution in [1.82, 2.24) is 4.57 Å². The van der Waals surface area contributed by atoms with Gasteiger partial charge in [0.15, 0.2) is 5.58 Å². The first-order valence-electron chi connectivity index (χ1n) is 19.7. The van der Waals surface area contributed by atoms with Gasteiger partial charge in [-0.15, -0.1) is 0 Å². The summed E-state index contributed by atoms with van der Waals surface area (Å²) >= 11 is 0. The van der Waals surface area contributed by atoms with Crippen LogP contribution in [-0.4, -0.2) is 4.57 Å². The molecule has 1 aliphatic carbocycles. The summed E-state index contributed by atoms with van der Waals surface area (Å²) in [7, 11) is 0. The van der Waals surface area contributed by atoms with Crippen molar-refractivity contribution in [2.45, 2.75) is 12.8 Å². The minimum absolute atomic E-state index is 0.868. The normalized spacial score (nSPS) is 12.8. The lowest BCUT2D eigenvalue weighted by Gasteiger charge is -2.27. The zero-order chi connectivity index (χ0) is 37.7. The molecule has 0 atom stereocenters. The molecular weight excluding hydrogens is 693 g/mol. The van der Waals surface area contributed by atoms with Crippen LogP contribution in [0.15, 0.2) is 211 Å². The fourth-order valence-corrected chi connectivity index (χ4v) is 8.64. The Kier molecular flexibility index (Phi) is 7.96. The SMILES string of the molecule is C1=CC(c2cc(N(c3ccc(-c4ccc(-c5ccccc5)cc4)cc3)c3ccc(-n4c5ccccc5c5ccccc54)cc3)c3oc4ccccc4c3c2)=CCC1. The van der Waals surface area contributed by atoms with E-state index in [4.69, 9.17) is 4.42 Å². The average Bonchev–Trinajstić information content (AvgIpc) is 3.84. The quantitative estimate of drug-likeness (QED) is 0.163. The summed E-state index contributed by atoms with van der Waals surface area (Å²) < 4.78 is 9.16. The van der Waals surface area contributed by atoms with Crippen molar-refractivity contribution in [3.8, 4) is 27.9 Å². The van der Waals surface area contributed by atoms with Gasteiger partial charge in [0.25, 0.3) is 0 Å². The molecule has 57 heavy (non-hydrogen) atoms. The summed E-state index contributed by atoms with van der Waals surface area (Å²) in [5.74, 6) is 0. The van der Waals surface area contributed by atoms with E-state index in [0.29, 0.717) is 0 Å². The van der Waals surface area contributed by atoms with Gasteiger partial charge in [0.05, 0.1) is 16.7 Å². The topological polar surface area (TPSA) is 21.3 Å². The summed E-state index contributed by atoms with van der Waals surface area (Å²) in [5, 5.41) is 4.74. The highest BCUT2D eigenvalue weighted by atomic mass is 16.3. The van der Waals surface area contributed by atoms with Crippen LogP contribution in [0.3, 0.4) is 0 Å². The zero-order valence-electron chi connectivity index (χ0n) is 31.3. The summed E-state index contributed by atoms with van der Waals surface area (Å²) in [6, 6.07) is 67.7. The number of furan rings is 1. The van der Waals surface area contributed by atoms with Gasteiger partial charge in [-0.05, 0) is 113 Å². The monoisotopic (exact) mass is 730 g/mol. The number of hydrogen-bond acceptors (Lipinski definition) is 2. The van der Waals surface area contributed by atoms with Gasteiger partial charge in [-0.1, -0.05) is 140 Å². The number of anilines is 3. The molecule has 0 aliphatic heterocycles. The Bertz CT molecular complexity index is 3090. The van der Waals surface area contributed by atoms with Gasteiger partial charge in [-0.3, -0.25) is 0 Å². The third-order valence-corrected chi connectivity index (χ3v) is 11.4. The number of fused-ring (bicyclic) bond motifs is 6. The Morgan fingerprint density at radius 1 is 0.439 bits per heavy atom. The van der Waals surface area contributed by atoms with E-state index in [1.54, 1.807) is 0 Å². The lowest BCUT2D eigenvalue weighted by Crippen LogP contribution is -2.11. The van der Waals surface area contributed by atoms with Gasteiger partial charge < -0.3 is 13.9 Å². The van der Waals surface area contributed by atoms with Crippen LogP contribution in [0.2, 0.25) is 0 Å². The first-order valence-corrected chi connectivity index (χ1v) is 19.7. The van der Waals surface area contributed by atoms with Crippen LogP contribution in [0.1, 0.15) is 18.4 Å². The molecule has 2 heterocycles. The maximum absolute atomic E-state index is 6.79. The standard InChI is InChI=1S/C54H38N2O/c1-3-13-37(14-4-1)39-23-25-40(26-24-39)41-27-29-43(30-28-41)55(44-31-33-45(34-32-44)56-50-20-10-7-17-46(50)47-18-8-11-21-51(47)56)52-36-42(38-15-5-2-6-16-38)35-49-48-19-9-12-22-53(48)57-54(49)52/h1,3-5,7-36H,2,6H2. The molecule has 8 aromatic carbocycles. The number of rotatable bonds is 7. The van der Waals surface area contributed by atoms with Crippen molar-refractivity contribution in [1.29, 1.82) is 0 Å². The Morgan fingerprint density at radius 3 is 1.61 bits per heavy atom. The molecule has 1 aliphatic rings. The number of allylic oxidation sites excluding steroid dienone is 4. The number of aromatic nitrogens is 1. The van der Waals surface area contributed by atoms with E-state index >= 15 is 0 Å². The average molecular weight is 731 g/mol. The number of benzene rings is 8. The minimum Gasteiger partial charge on any atom is -0.454 e. The number of nitrogens with zero attached hydrogens (tertiary/aromatic N) is 2. The molecule has 0 spiro atoms. The van der Waals surface area contributed by atoms with Crippen LogP contribution in [0, 0.1) is 0 Å². The van der Waals surface area contributed by atoms with Crippen molar-refractivity contribution in [2.24, 2.45) is 0 Å². The van der Waals surface area contributed by atoms with Crippen molar-refractivity contribution in [2.75, 3.05) is 4.90 Å². The largest absolute Gasteiger partial charge is 0.454 e. The highest BCUT2D eigenvalue weighted by Gasteiger charge is 2.22. The molecule has 0 unspecified atom stereocenters. The molecule has 3 nitrogen and oxygen atoms in total. The molecule has 0 saturated carbocycles. The number of hydrogen-bond donors (Lipinski definition) is 0. The molecule has 0 N–H and O–H groups in total. The van der Waals surface area contributed by atoms with Gasteiger partial charge >= 0.3 is 0 Å². The number of para-hydroxylation sites is 3. The molecule has 0 bridgehead atoms. The van der Waals surface area contributed by atoms with Crippen molar-refractivity contribution in [3.05, 3.63) is 212 Å². The molecule has 3 heteroatoms. The summed E-state index contributed by atoms with van der Waals surface area (Å²) in [6.45, 7) is 0. The minimum atomic E-state index is 0.868. The van der Waals surface area contributed by atoms with Crippen LogP contribution >= 0.6 is 0 Å². The highest BCUT2D eigenvalue weighted by Crippen LogP contribution is 2.45. The van der Waals surface area contributed by atoms with Crippen molar-refractivity contribution in [3.63, 3.8) is 0 Å². The fraction of sp³-hybridized carbons (Fsp3) is 0.0370. The van der Waals surface area contributed by atoms with Crippen molar-refractivity contribution >= 4 is 66.4 Å². The van der Waals surface area contributed by atoms with E-state index in [1.807, 2.05) is 6.07 Å². The van der Waals surface area contributed by atoms with Crippen LogP contribution < -0.4 is 4.90 Å². The van der Waals surface area contributed by atoms with E-state index in [-0.39, 0.29) is 0 Å². The first kappa shape index (κ1) is 33.0. The first-order chi connectivity index (χ1) is 28.3. The van der Waals surface area contributed by atoms with Gasteiger partial charge in [-0.25, -0.2) is 0 Å². The zero-order valence-corrected chi connectivity index (χ0v) is 31.3. The fourth-order valence-electron chi connectivity index (χ4n) is 8.64. The second kappa shape index (κ2) is 13.7. The molecule has 270 valence electrons. The highest BCUT2D eigenvalue weighted by molar-refractivity contribution is 6.12. The molecule has 2 aromatic heterocycles. The lowest BCUT2D eigenvalue weighted by atomic mass is 9.96. The molecule has 11 rings (SSSR count). The summed E-state index contributed by atoms with van der Waals surface area (Å²) in [6.07, 6.45) is 9.00. The third kappa shape index (κ3) is 5.75. The maximum atomic E-state index is 6.79. The van der Waals surface area contributed by atoms with Crippen LogP contribution in [0.4, 0.5) is 17.1 Å². The maximum Gasteiger partial charge on any atom is 0.159 e. The predicted octanol–water partition coefficient (Wildman–Crippen LogP) is 15.2. The second-order valence-corrected chi connectivity index (χ2v) is 14.8. The van der Waals surface area contributed by atoms with Crippen LogP contribution in [0.25, 0.3) is 77.3 Å². The third-order valence-electron chi connectivity index (χ3n) is 11.4. The molecule has 0 saturated heterocycles. The second-order valence-electron chi connectivity index (χ2n) is 14.8. The smallest absolute Gasteiger partial charge is 0.159 e. The molecule has 0 fully saturated rings. The van der Waals surface area contributed by atoms with Gasteiger partial charge in [-0.2, -0.15) is 0 Å². The summed E-state index contributed by atoms with van der Waals surface area (Å²) in [4.78, 5) is 2.36.